The quantitative estimate of drug-likeness (QED) is 0.906. The molecule has 2 heterocycles. The van der Waals surface area contributed by atoms with Crippen molar-refractivity contribution < 1.29 is 19.4 Å². The first kappa shape index (κ1) is 18.1. The van der Waals surface area contributed by atoms with Crippen molar-refractivity contribution >= 4 is 11.9 Å². The predicted molar refractivity (Wildman–Crippen MR) is 95.7 cm³/mol. The minimum absolute atomic E-state index is 0.107. The summed E-state index contributed by atoms with van der Waals surface area (Å²) in [5.74, 6) is -1.07. The summed E-state index contributed by atoms with van der Waals surface area (Å²) in [5, 5.41) is 13.3. The number of ether oxygens (including phenoxy) is 1. The van der Waals surface area contributed by atoms with Crippen molar-refractivity contribution in [3.63, 3.8) is 0 Å². The van der Waals surface area contributed by atoms with E-state index in [1.165, 1.54) is 0 Å². The predicted octanol–water partition coefficient (Wildman–Crippen LogP) is 2.11. The maximum Gasteiger partial charge on any atom is 0.306 e. The Kier molecular flexibility index (Phi) is 5.08. The van der Waals surface area contributed by atoms with Crippen LogP contribution in [0.1, 0.15) is 33.6 Å². The molecule has 26 heavy (non-hydrogen) atoms. The van der Waals surface area contributed by atoms with Crippen LogP contribution in [0.25, 0.3) is 5.69 Å². The maximum atomic E-state index is 12.9. The number of aliphatic carboxylic acids is 1. The third-order valence-electron chi connectivity index (χ3n) is 4.66. The molecule has 7 heteroatoms. The highest BCUT2D eigenvalue weighted by Gasteiger charge is 2.28. The Morgan fingerprint density at radius 1 is 1.31 bits per heavy atom. The van der Waals surface area contributed by atoms with E-state index in [-0.39, 0.29) is 18.9 Å². The molecule has 1 aromatic carbocycles. The second-order valence-corrected chi connectivity index (χ2v) is 6.69. The van der Waals surface area contributed by atoms with Gasteiger partial charge < -0.3 is 14.7 Å². The molecule has 7 nitrogen and oxygen atoms in total. The number of amides is 1. The van der Waals surface area contributed by atoms with E-state index in [4.69, 9.17) is 9.84 Å². The molecular weight excluding hydrogens is 334 g/mol. The van der Waals surface area contributed by atoms with Gasteiger partial charge in [-0.2, -0.15) is 5.10 Å². The maximum absolute atomic E-state index is 12.9. The smallest absolute Gasteiger partial charge is 0.306 e. The van der Waals surface area contributed by atoms with Crippen molar-refractivity contribution in [2.75, 3.05) is 19.7 Å². The zero-order valence-electron chi connectivity index (χ0n) is 15.2. The van der Waals surface area contributed by atoms with Crippen LogP contribution >= 0.6 is 0 Å². The zero-order chi connectivity index (χ0) is 18.8. The fraction of sp³-hybridized carbons (Fsp3) is 0.421. The molecule has 1 aromatic heterocycles. The van der Waals surface area contributed by atoms with Gasteiger partial charge in [0.05, 0.1) is 42.3 Å². The van der Waals surface area contributed by atoms with E-state index in [9.17, 15) is 9.59 Å². The van der Waals surface area contributed by atoms with Gasteiger partial charge in [0, 0.05) is 13.1 Å². The highest BCUT2D eigenvalue weighted by atomic mass is 16.5. The zero-order valence-corrected chi connectivity index (χ0v) is 15.2. The van der Waals surface area contributed by atoms with E-state index in [1.807, 2.05) is 39.0 Å². The van der Waals surface area contributed by atoms with Crippen LogP contribution in [0.2, 0.25) is 0 Å². The van der Waals surface area contributed by atoms with Gasteiger partial charge in [0.15, 0.2) is 0 Å². The molecule has 0 saturated carbocycles. The van der Waals surface area contributed by atoms with Gasteiger partial charge in [-0.05, 0) is 38.0 Å². The summed E-state index contributed by atoms with van der Waals surface area (Å²) in [6.45, 7) is 6.97. The molecule has 1 N–H and O–H groups in total. The Bertz CT molecular complexity index is 843. The second kappa shape index (κ2) is 7.29. The molecule has 0 aliphatic carbocycles. The lowest BCUT2D eigenvalue weighted by atomic mass is 10.1. The van der Waals surface area contributed by atoms with Crippen LogP contribution in [0.15, 0.2) is 24.4 Å². The van der Waals surface area contributed by atoms with Crippen molar-refractivity contribution in [1.29, 1.82) is 0 Å². The van der Waals surface area contributed by atoms with Crippen molar-refractivity contribution in [2.45, 2.75) is 33.3 Å². The number of carboxylic acids is 1. The van der Waals surface area contributed by atoms with E-state index < -0.39 is 12.1 Å². The van der Waals surface area contributed by atoms with E-state index in [1.54, 1.807) is 15.8 Å². The van der Waals surface area contributed by atoms with Crippen molar-refractivity contribution in [3.8, 4) is 5.69 Å². The average molecular weight is 357 g/mol. The molecule has 1 unspecified atom stereocenters. The number of rotatable bonds is 4. The first-order chi connectivity index (χ1) is 12.4. The standard InChI is InChI=1S/C19H23N3O4/c1-12-4-5-13(2)17(8-12)22-14(3)16(10-20-22)19(25)21-6-7-26-15(11-21)9-18(23)24/h4-5,8,10,15H,6-7,9,11H2,1-3H3,(H,23,24). The fourth-order valence-electron chi connectivity index (χ4n) is 3.20. The molecule has 1 atom stereocenters. The van der Waals surface area contributed by atoms with Gasteiger partial charge >= 0.3 is 5.97 Å². The number of nitrogens with zero attached hydrogens (tertiary/aromatic N) is 3. The fourth-order valence-corrected chi connectivity index (χ4v) is 3.20. The van der Waals surface area contributed by atoms with Crippen LogP contribution in [0.5, 0.6) is 0 Å². The van der Waals surface area contributed by atoms with E-state index >= 15 is 0 Å². The van der Waals surface area contributed by atoms with Gasteiger partial charge in [0.2, 0.25) is 0 Å². The molecule has 0 radical (unpaired) electrons. The third kappa shape index (κ3) is 3.62. The molecule has 1 aliphatic rings. The van der Waals surface area contributed by atoms with Crippen LogP contribution in [0.3, 0.4) is 0 Å². The lowest BCUT2D eigenvalue weighted by Gasteiger charge is -2.32. The van der Waals surface area contributed by atoms with Crippen molar-refractivity contribution in [3.05, 3.63) is 46.8 Å². The second-order valence-electron chi connectivity index (χ2n) is 6.69. The average Bonchev–Trinajstić information content (AvgIpc) is 2.97. The van der Waals surface area contributed by atoms with Crippen LogP contribution in [-0.2, 0) is 9.53 Å². The van der Waals surface area contributed by atoms with Gasteiger partial charge in [0.25, 0.3) is 5.91 Å². The van der Waals surface area contributed by atoms with E-state index in [0.717, 1.165) is 22.5 Å². The van der Waals surface area contributed by atoms with Crippen LogP contribution in [0, 0.1) is 20.8 Å². The van der Waals surface area contributed by atoms with Gasteiger partial charge in [0.1, 0.15) is 0 Å². The van der Waals surface area contributed by atoms with Gasteiger partial charge in [-0.3, -0.25) is 9.59 Å². The summed E-state index contributed by atoms with van der Waals surface area (Å²) >= 11 is 0. The number of morpholine rings is 1. The number of hydrogen-bond donors (Lipinski definition) is 1. The normalized spacial score (nSPS) is 17.3. The highest BCUT2D eigenvalue weighted by Crippen LogP contribution is 2.21. The molecule has 3 rings (SSSR count). The van der Waals surface area contributed by atoms with E-state index in [0.29, 0.717) is 18.7 Å². The molecule has 0 bridgehead atoms. The Labute approximate surface area is 152 Å². The summed E-state index contributed by atoms with van der Waals surface area (Å²) in [6.07, 6.45) is 1.01. The molecular formula is C19H23N3O4. The largest absolute Gasteiger partial charge is 0.481 e. The molecule has 1 aliphatic heterocycles. The summed E-state index contributed by atoms with van der Waals surface area (Å²) in [6, 6.07) is 6.12. The molecule has 138 valence electrons. The first-order valence-corrected chi connectivity index (χ1v) is 8.61. The highest BCUT2D eigenvalue weighted by molar-refractivity contribution is 5.95. The third-order valence-corrected chi connectivity index (χ3v) is 4.66. The summed E-state index contributed by atoms with van der Waals surface area (Å²) < 4.78 is 7.23. The summed E-state index contributed by atoms with van der Waals surface area (Å²) in [5.41, 5.74) is 4.45. The summed E-state index contributed by atoms with van der Waals surface area (Å²) in [7, 11) is 0. The minimum Gasteiger partial charge on any atom is -0.481 e. The SMILES string of the molecule is Cc1ccc(C)c(-n2ncc(C(=O)N3CCOC(CC(=O)O)C3)c2C)c1. The Morgan fingerprint density at radius 3 is 2.81 bits per heavy atom. The van der Waals surface area contributed by atoms with Gasteiger partial charge in [-0.1, -0.05) is 12.1 Å². The molecule has 2 aromatic rings. The number of carboxylic acid groups (broad SMARTS) is 1. The topological polar surface area (TPSA) is 84.7 Å². The Balaban J connectivity index is 1.84. The Hall–Kier alpha value is -2.67. The number of aryl methyl sites for hydroxylation is 2. The van der Waals surface area contributed by atoms with Crippen LogP contribution in [0.4, 0.5) is 0 Å². The number of carbonyl (C=O) groups excluding carboxylic acids is 1. The molecule has 1 amide bonds. The van der Waals surface area contributed by atoms with Gasteiger partial charge in [-0.15, -0.1) is 0 Å². The monoisotopic (exact) mass is 357 g/mol. The number of hydrogen-bond acceptors (Lipinski definition) is 4. The minimum atomic E-state index is -0.928. The van der Waals surface area contributed by atoms with Crippen molar-refractivity contribution in [1.82, 2.24) is 14.7 Å². The van der Waals surface area contributed by atoms with Crippen molar-refractivity contribution in [2.24, 2.45) is 0 Å². The van der Waals surface area contributed by atoms with E-state index in [2.05, 4.69) is 5.10 Å². The van der Waals surface area contributed by atoms with Gasteiger partial charge in [-0.25, -0.2) is 4.68 Å². The lowest BCUT2D eigenvalue weighted by Crippen LogP contribution is -2.46. The number of carbonyl (C=O) groups is 2. The van der Waals surface area contributed by atoms with Crippen LogP contribution < -0.4 is 0 Å². The first-order valence-electron chi connectivity index (χ1n) is 8.61. The summed E-state index contributed by atoms with van der Waals surface area (Å²) in [4.78, 5) is 25.5. The molecule has 1 saturated heterocycles. The number of aromatic nitrogens is 2. The Morgan fingerprint density at radius 2 is 2.08 bits per heavy atom. The number of benzene rings is 1. The lowest BCUT2D eigenvalue weighted by molar-refractivity contribution is -0.141. The molecule has 0 spiro atoms. The van der Waals surface area contributed by atoms with Crippen LogP contribution in [-0.4, -0.2) is 57.5 Å². The molecule has 1 fully saturated rings.